The summed E-state index contributed by atoms with van der Waals surface area (Å²) in [6, 6.07) is 12.1. The van der Waals surface area contributed by atoms with Gasteiger partial charge < -0.3 is 29.3 Å². The van der Waals surface area contributed by atoms with Crippen molar-refractivity contribution < 1.29 is 33.8 Å². The number of amides is 3. The van der Waals surface area contributed by atoms with Gasteiger partial charge in [-0.25, -0.2) is 0 Å². The molecule has 1 unspecified atom stereocenters. The zero-order valence-corrected chi connectivity index (χ0v) is 31.9. The molecule has 1 spiro atoms. The number of likely N-dealkylation sites (tertiary alicyclic amines) is 1. The SMILES string of the molecule is C=CCCC(=O)N(C)[C@H](C)[C@H](OC(=O)[C@@H]1[C@H]2O[C@@]3(CC2Br)[C@H](C(=O)N(CC=C)c2c(C)cccc2Cl)N([C@@H](CC)CO)C(=O)[C@@H]13)c1ccccc1. The molecule has 0 aromatic heterocycles. The molecule has 3 fully saturated rings. The fourth-order valence-corrected chi connectivity index (χ4v) is 9.35. The summed E-state index contributed by atoms with van der Waals surface area (Å²) in [7, 11) is 1.67. The molecule has 2 aromatic rings. The maximum absolute atomic E-state index is 15.0. The zero-order chi connectivity index (χ0) is 37.2. The molecule has 3 amide bonds. The normalized spacial score (nSPS) is 26.6. The van der Waals surface area contributed by atoms with Crippen molar-refractivity contribution in [1.82, 2.24) is 9.80 Å². The lowest BCUT2D eigenvalue weighted by Crippen LogP contribution is -2.59. The molecular formula is C39H47BrClN3O7. The number of alkyl halides is 1. The number of nitrogens with zero attached hydrogens (tertiary/aromatic N) is 3. The van der Waals surface area contributed by atoms with Crippen LogP contribution in [0.4, 0.5) is 5.69 Å². The van der Waals surface area contributed by atoms with Gasteiger partial charge in [0.25, 0.3) is 5.91 Å². The third kappa shape index (κ3) is 6.90. The minimum absolute atomic E-state index is 0.0981. The minimum Gasteiger partial charge on any atom is -0.455 e. The van der Waals surface area contributed by atoms with Crippen LogP contribution in [0.25, 0.3) is 0 Å². The first-order valence-corrected chi connectivity index (χ1v) is 18.7. The number of carbonyl (C=O) groups excluding carboxylic acids is 4. The van der Waals surface area contributed by atoms with Crippen LogP contribution in [-0.2, 0) is 28.7 Å². The molecule has 0 saturated carbocycles. The lowest BCUT2D eigenvalue weighted by atomic mass is 9.70. The van der Waals surface area contributed by atoms with E-state index in [0.29, 0.717) is 29.1 Å². The number of para-hydroxylation sites is 1. The fraction of sp³-hybridized carbons (Fsp3) is 0.487. The molecule has 10 nitrogen and oxygen atoms in total. The molecule has 1 N–H and O–H groups in total. The zero-order valence-electron chi connectivity index (χ0n) is 29.5. The van der Waals surface area contributed by atoms with Gasteiger partial charge in [0.1, 0.15) is 17.7 Å². The van der Waals surface area contributed by atoms with E-state index in [1.54, 1.807) is 36.2 Å². The summed E-state index contributed by atoms with van der Waals surface area (Å²) < 4.78 is 13.1. The van der Waals surface area contributed by atoms with Crippen molar-refractivity contribution >= 4 is 56.9 Å². The van der Waals surface area contributed by atoms with E-state index in [-0.39, 0.29) is 30.1 Å². The van der Waals surface area contributed by atoms with Crippen LogP contribution < -0.4 is 4.90 Å². The first-order chi connectivity index (χ1) is 24.4. The van der Waals surface area contributed by atoms with Crippen LogP contribution in [0.3, 0.4) is 0 Å². The summed E-state index contributed by atoms with van der Waals surface area (Å²) in [6.07, 6.45) is 3.03. The van der Waals surface area contributed by atoms with Crippen molar-refractivity contribution in [3.8, 4) is 0 Å². The highest BCUT2D eigenvalue weighted by Gasteiger charge is 2.77. The van der Waals surface area contributed by atoms with E-state index in [1.807, 2.05) is 57.2 Å². The molecule has 51 heavy (non-hydrogen) atoms. The van der Waals surface area contributed by atoms with Gasteiger partial charge in [0.15, 0.2) is 0 Å². The number of benzene rings is 2. The third-order valence-electron chi connectivity index (χ3n) is 10.7. The Kier molecular flexibility index (Phi) is 12.2. The Morgan fingerprint density at radius 2 is 1.88 bits per heavy atom. The molecule has 12 heteroatoms. The molecule has 9 atom stereocenters. The molecule has 3 aliphatic heterocycles. The van der Waals surface area contributed by atoms with Crippen molar-refractivity contribution in [3.63, 3.8) is 0 Å². The van der Waals surface area contributed by atoms with Crippen LogP contribution in [0.1, 0.15) is 56.8 Å². The van der Waals surface area contributed by atoms with E-state index >= 15 is 0 Å². The maximum Gasteiger partial charge on any atom is 0.313 e. The van der Waals surface area contributed by atoms with E-state index in [0.717, 1.165) is 5.56 Å². The maximum atomic E-state index is 15.0. The number of likely N-dealkylation sites (N-methyl/N-ethyl adjacent to an activating group) is 1. The van der Waals surface area contributed by atoms with E-state index in [9.17, 15) is 24.3 Å². The van der Waals surface area contributed by atoms with Crippen molar-refractivity contribution in [2.24, 2.45) is 11.8 Å². The molecule has 3 saturated heterocycles. The standard InChI is InChI=1S/C39H47BrClN3O7/c1-7-10-19-29(46)42(6)24(5)33(25-16-12-11-13-17-25)50-38(49)30-31-36(47)44(26(9-3)22-45)35(39(31)21-27(40)34(30)51-39)37(48)43(20-8-2)32-23(4)15-14-18-28(32)41/h7-8,11-18,24,26-27,30-31,33-35,45H,1-2,9-10,19-22H2,3-6H3/t24-,26+,27?,30+,31-,33+,34+,35+,39-/m1/s1. The van der Waals surface area contributed by atoms with Crippen molar-refractivity contribution in [2.75, 3.05) is 25.1 Å². The molecule has 2 aromatic carbocycles. The second kappa shape index (κ2) is 16.0. The Hall–Kier alpha value is -3.51. The van der Waals surface area contributed by atoms with Crippen molar-refractivity contribution in [3.05, 3.63) is 90.0 Å². The highest BCUT2D eigenvalue weighted by Crippen LogP contribution is 2.61. The van der Waals surface area contributed by atoms with Gasteiger partial charge in [0.05, 0.1) is 47.3 Å². The first kappa shape index (κ1) is 38.7. The van der Waals surface area contributed by atoms with E-state index in [1.165, 1.54) is 9.80 Å². The predicted molar refractivity (Wildman–Crippen MR) is 199 cm³/mol. The van der Waals surface area contributed by atoms with Gasteiger partial charge in [-0.1, -0.05) is 89.1 Å². The van der Waals surface area contributed by atoms with Crippen LogP contribution in [0.15, 0.2) is 73.8 Å². The molecular weight excluding hydrogens is 738 g/mol. The van der Waals surface area contributed by atoms with Crippen LogP contribution in [0.5, 0.6) is 0 Å². The lowest BCUT2D eigenvalue weighted by molar-refractivity contribution is -0.165. The smallest absolute Gasteiger partial charge is 0.313 e. The predicted octanol–water partition coefficient (Wildman–Crippen LogP) is 5.78. The van der Waals surface area contributed by atoms with Gasteiger partial charge in [0.2, 0.25) is 11.8 Å². The van der Waals surface area contributed by atoms with Gasteiger partial charge >= 0.3 is 5.97 Å². The van der Waals surface area contributed by atoms with Crippen molar-refractivity contribution in [2.45, 2.75) is 87.2 Å². The Labute approximate surface area is 313 Å². The topological polar surface area (TPSA) is 117 Å². The number of fused-ring (bicyclic) bond motifs is 1. The summed E-state index contributed by atoms with van der Waals surface area (Å²) in [4.78, 5) is 61.5. The third-order valence-corrected chi connectivity index (χ3v) is 11.9. The second-order valence-electron chi connectivity index (χ2n) is 13.6. The van der Waals surface area contributed by atoms with E-state index < -0.39 is 72.2 Å². The molecule has 0 aliphatic carbocycles. The number of aliphatic hydroxyl groups is 1. The number of aliphatic hydroxyl groups excluding tert-OH is 1. The monoisotopic (exact) mass is 783 g/mol. The van der Waals surface area contributed by atoms with Crippen LogP contribution >= 0.6 is 27.5 Å². The number of halogens is 2. The largest absolute Gasteiger partial charge is 0.455 e. The number of anilines is 1. The molecule has 2 bridgehead atoms. The van der Waals surface area contributed by atoms with Gasteiger partial charge in [0, 0.05) is 24.8 Å². The molecule has 0 radical (unpaired) electrons. The average molecular weight is 785 g/mol. The lowest BCUT2D eigenvalue weighted by Gasteiger charge is -2.39. The van der Waals surface area contributed by atoms with Gasteiger partial charge in [-0.15, -0.1) is 13.2 Å². The summed E-state index contributed by atoms with van der Waals surface area (Å²) in [5, 5.41) is 10.9. The Balaban J connectivity index is 1.56. The number of esters is 1. The van der Waals surface area contributed by atoms with Crippen molar-refractivity contribution in [1.29, 1.82) is 0 Å². The first-order valence-electron chi connectivity index (χ1n) is 17.4. The quantitative estimate of drug-likeness (QED) is 0.138. The number of aryl methyl sites for hydroxylation is 1. The van der Waals surface area contributed by atoms with Crippen LogP contribution in [0, 0.1) is 18.8 Å². The summed E-state index contributed by atoms with van der Waals surface area (Å²) in [5.41, 5.74) is 0.518. The summed E-state index contributed by atoms with van der Waals surface area (Å²) in [5.74, 6) is -3.81. The summed E-state index contributed by atoms with van der Waals surface area (Å²) >= 11 is 10.4. The number of hydrogen-bond donors (Lipinski definition) is 1. The number of allylic oxidation sites excluding steroid dienone is 1. The molecule has 274 valence electrons. The minimum atomic E-state index is -1.40. The number of hydrogen-bond acceptors (Lipinski definition) is 7. The average Bonchev–Trinajstić information content (AvgIpc) is 3.72. The number of carbonyl (C=O) groups is 4. The highest BCUT2D eigenvalue weighted by molar-refractivity contribution is 9.09. The number of ether oxygens (including phenoxy) is 2. The fourth-order valence-electron chi connectivity index (χ4n) is 8.08. The highest BCUT2D eigenvalue weighted by atomic mass is 79.9. The van der Waals surface area contributed by atoms with Crippen LogP contribution in [-0.4, -0.2) is 93.5 Å². The molecule has 5 rings (SSSR count). The Morgan fingerprint density at radius 3 is 2.49 bits per heavy atom. The van der Waals surface area contributed by atoms with E-state index in [4.69, 9.17) is 21.1 Å². The molecule has 3 aliphatic rings. The van der Waals surface area contributed by atoms with Gasteiger partial charge in [-0.2, -0.15) is 0 Å². The number of rotatable bonds is 15. The van der Waals surface area contributed by atoms with E-state index in [2.05, 4.69) is 29.1 Å². The van der Waals surface area contributed by atoms with Gasteiger partial charge in [-0.05, 0) is 50.3 Å². The summed E-state index contributed by atoms with van der Waals surface area (Å²) in [6.45, 7) is 12.8. The molecule has 3 heterocycles. The Morgan fingerprint density at radius 1 is 1.18 bits per heavy atom. The van der Waals surface area contributed by atoms with Crippen LogP contribution in [0.2, 0.25) is 5.02 Å². The van der Waals surface area contributed by atoms with Gasteiger partial charge in [-0.3, -0.25) is 19.2 Å². The second-order valence-corrected chi connectivity index (χ2v) is 15.2. The Bertz CT molecular complexity index is 1630.